The van der Waals surface area contributed by atoms with Gasteiger partial charge in [-0.3, -0.25) is 9.59 Å². The Balaban J connectivity index is 1.17. The Morgan fingerprint density at radius 1 is 0.693 bits per heavy atom. The van der Waals surface area contributed by atoms with E-state index in [1.165, 1.54) is 76.2 Å². The zero-order valence-corrected chi connectivity index (χ0v) is 58.7. The number of benzene rings is 3. The molecule has 6 rings (SSSR count). The van der Waals surface area contributed by atoms with Crippen LogP contribution in [0.15, 0.2) is 54.6 Å². The second kappa shape index (κ2) is 31.5. The topological polar surface area (TPSA) is 188 Å². The number of nitrogens with zero attached hydrogens (tertiary/aromatic N) is 2. The number of amides is 1. The average Bonchev–Trinajstić information content (AvgIpc) is 0.852. The summed E-state index contributed by atoms with van der Waals surface area (Å²) in [6, 6.07) is 20.5. The summed E-state index contributed by atoms with van der Waals surface area (Å²) in [5.74, 6) is -3.63. The summed E-state index contributed by atoms with van der Waals surface area (Å²) >= 11 is 0. The van der Waals surface area contributed by atoms with E-state index in [2.05, 4.69) is 96.1 Å². The van der Waals surface area contributed by atoms with Crippen LogP contribution in [0.1, 0.15) is 193 Å². The van der Waals surface area contributed by atoms with Crippen LogP contribution in [0.4, 0.5) is 0 Å². The third-order valence-corrected chi connectivity index (χ3v) is 25.6. The van der Waals surface area contributed by atoms with Crippen molar-refractivity contribution in [3.05, 3.63) is 88.0 Å². The Morgan fingerprint density at radius 3 is 1.64 bits per heavy atom. The molecule has 0 bridgehead atoms. The van der Waals surface area contributed by atoms with Gasteiger partial charge in [-0.25, -0.2) is 0 Å². The molecule has 1 unspecified atom stereocenters. The number of rotatable bonds is 21. The molecule has 0 aliphatic carbocycles. The zero-order valence-electron chi connectivity index (χ0n) is 57.7. The smallest absolute Gasteiger partial charge is 0.126 e. The van der Waals surface area contributed by atoms with Crippen LogP contribution in [0.3, 0.4) is 0 Å². The Bertz CT molecular complexity index is 2550. The second-order valence-electron chi connectivity index (χ2n) is 29.1. The van der Waals surface area contributed by atoms with Gasteiger partial charge in [0.15, 0.2) is 6.29 Å². The molecule has 3 aromatic carbocycles. The van der Waals surface area contributed by atoms with E-state index < -0.39 is 103 Å². The van der Waals surface area contributed by atoms with Crippen molar-refractivity contribution >= 4 is 35.1 Å². The van der Waals surface area contributed by atoms with E-state index in [0.717, 1.165) is 44.7 Å². The zero-order chi connectivity index (χ0) is 65.4. The van der Waals surface area contributed by atoms with Crippen LogP contribution in [-0.2, 0) is 33.3 Å². The number of aliphatic hydroxyl groups excluding tert-OH is 3. The van der Waals surface area contributed by atoms with Gasteiger partial charge in [0.25, 0.3) is 0 Å². The van der Waals surface area contributed by atoms with Gasteiger partial charge in [0.1, 0.15) is 30.0 Å². The van der Waals surface area contributed by atoms with Crippen LogP contribution in [-0.4, -0.2) is 165 Å². The van der Waals surface area contributed by atoms with Crippen LogP contribution in [0.25, 0.3) is 0 Å². The number of carbonyl (C=O) groups is 2. The predicted molar refractivity (Wildman–Crippen MR) is 358 cm³/mol. The van der Waals surface area contributed by atoms with Crippen LogP contribution < -0.4 is 15.9 Å². The van der Waals surface area contributed by atoms with Crippen molar-refractivity contribution in [2.45, 2.75) is 285 Å². The first-order valence-electron chi connectivity index (χ1n) is 33.6. The van der Waals surface area contributed by atoms with Crippen molar-refractivity contribution in [1.29, 1.82) is 0 Å². The summed E-state index contributed by atoms with van der Waals surface area (Å²) in [4.78, 5) is 33.2. The minimum Gasteiger partial charge on any atom is -0.388 e. The first-order chi connectivity index (χ1) is 41.2. The molecule has 88 heavy (non-hydrogen) atoms. The van der Waals surface area contributed by atoms with Crippen LogP contribution >= 0.6 is 7.26 Å². The molecular formula is C73H119N2O12P. The minimum absolute atomic E-state index is 0.105. The molecule has 498 valence electrons. The Hall–Kier alpha value is -3.37. The maximum absolute atomic E-state index is 14.9. The van der Waals surface area contributed by atoms with Crippen molar-refractivity contribution in [2.75, 3.05) is 33.9 Å². The molecule has 0 saturated carbocycles. The number of aryl methyl sites for hydroxylation is 6. The van der Waals surface area contributed by atoms with E-state index in [-0.39, 0.29) is 56.2 Å². The molecule has 18 atom stereocenters. The summed E-state index contributed by atoms with van der Waals surface area (Å²) < 4.78 is 32.3. The fourth-order valence-corrected chi connectivity index (χ4v) is 21.5. The van der Waals surface area contributed by atoms with E-state index in [0.29, 0.717) is 12.8 Å². The Kier molecular flexibility index (Phi) is 26.4. The number of esters is 1. The fourth-order valence-electron chi connectivity index (χ4n) is 16.0. The number of aliphatic hydroxyl groups is 5. The number of carbonyl (C=O) groups excluding carboxylic acids is 2. The molecule has 0 radical (unpaired) electrons. The first-order valence-corrected chi connectivity index (χ1v) is 35.8. The standard InChI is InChI=1S/C73H119N2O12P/c1-20-62-73(16,82)66(78)55(12)75(63(76)30-28-26-24-22-21-23-25-27-29-31-88(57-35-45(2)32-46(3)36-57,58-37-47(4)33-48(5)38-58)59-39-49(6)34-50(7)40-59)44-51(8)42-71(14,81)68(87-70-65(77)60(74(17)18)41-52(9)84-70)53(10)64(54(11)69(80)86-62)61-43-72(15,83-19)67(79)56(13)85-61/h32-40,51-56,60-62,64-68,70,77-79,81-82,88H,20-31,41-44H2,1-19H3/t51-,52-,53+,54-,55-,56+,60+,61?,62-,64+,65-,66-,67+,68-,70+,71-,72-,73-/m1/s1. The van der Waals surface area contributed by atoms with Crippen molar-refractivity contribution in [3.63, 3.8) is 0 Å². The minimum atomic E-state index is -2.44. The van der Waals surface area contributed by atoms with E-state index in [1.54, 1.807) is 39.5 Å². The monoisotopic (exact) mass is 1250 g/mol. The molecule has 3 saturated heterocycles. The van der Waals surface area contributed by atoms with Crippen molar-refractivity contribution in [2.24, 2.45) is 23.7 Å². The molecule has 3 aliphatic rings. The van der Waals surface area contributed by atoms with E-state index in [1.807, 2.05) is 46.7 Å². The van der Waals surface area contributed by atoms with Gasteiger partial charge in [-0.2, -0.15) is 0 Å². The third kappa shape index (κ3) is 17.6. The molecule has 3 aliphatic heterocycles. The molecule has 3 fully saturated rings. The van der Waals surface area contributed by atoms with Gasteiger partial charge in [-0.1, -0.05) is 27.7 Å². The normalized spacial score (nSPS) is 34.3. The third-order valence-electron chi connectivity index (χ3n) is 20.7. The number of hydrogen-bond acceptors (Lipinski definition) is 13. The van der Waals surface area contributed by atoms with Gasteiger partial charge in [-0.15, -0.1) is 0 Å². The number of cyclic esters (lactones) is 1. The summed E-state index contributed by atoms with van der Waals surface area (Å²) in [6.07, 6.45) is 2.97. The number of methoxy groups -OCH3 is 1. The van der Waals surface area contributed by atoms with Crippen LogP contribution in [0.2, 0.25) is 0 Å². The SMILES string of the molecule is CC[C@H]1OC(=O)[C@H](C)[C@@H](C2C[C@@](C)(OC)[C@@H](O)[C@H](C)O2)[C@H](C)[C@@H](O[C@@H]2O[C@H](C)C[C@H](N(C)C)[C@H]2O)[C@](C)(O)C[C@@H](C)CN(C(=O)CCCCCCCCCCC[PH](c2cc(C)cc(C)c2)(c2cc(C)cc(C)c2)c2cc(C)cc(C)c2)[C@H](C)[C@@H](O)[C@]1(C)O. The van der Waals surface area contributed by atoms with Crippen molar-refractivity contribution in [3.8, 4) is 0 Å². The van der Waals surface area contributed by atoms with Crippen molar-refractivity contribution in [1.82, 2.24) is 9.80 Å². The predicted octanol–water partition coefficient (Wildman–Crippen LogP) is 10.5. The molecule has 3 heterocycles. The quantitative estimate of drug-likeness (QED) is 0.0386. The number of hydrogen-bond donors (Lipinski definition) is 5. The van der Waals surface area contributed by atoms with Crippen LogP contribution in [0.5, 0.6) is 0 Å². The maximum atomic E-state index is 14.9. The fraction of sp³-hybridized carbons (Fsp3) is 0.726. The van der Waals surface area contributed by atoms with Gasteiger partial charge >= 0.3 is 235 Å². The number of ether oxygens (including phenoxy) is 5. The largest absolute Gasteiger partial charge is 0.388 e. The average molecular weight is 1250 g/mol. The van der Waals surface area contributed by atoms with Gasteiger partial charge < -0.3 is 59.0 Å². The van der Waals surface area contributed by atoms with Gasteiger partial charge in [-0.05, 0) is 86.7 Å². The summed E-state index contributed by atoms with van der Waals surface area (Å²) in [7, 11) is 2.90. The Morgan fingerprint density at radius 2 is 1.17 bits per heavy atom. The molecule has 5 N–H and O–H groups in total. The van der Waals surface area contributed by atoms with Gasteiger partial charge in [0.2, 0.25) is 0 Å². The molecule has 15 heteroatoms. The van der Waals surface area contributed by atoms with E-state index in [4.69, 9.17) is 23.7 Å². The first kappa shape index (κ1) is 73.7. The van der Waals surface area contributed by atoms with Crippen molar-refractivity contribution < 1.29 is 58.8 Å². The molecule has 0 spiro atoms. The van der Waals surface area contributed by atoms with E-state index in [9.17, 15) is 35.1 Å². The number of likely N-dealkylation sites (N-methyl/N-ethyl adjacent to an activating group) is 1. The molecule has 3 aromatic rings. The summed E-state index contributed by atoms with van der Waals surface area (Å²) in [6.45, 7) is 31.3. The van der Waals surface area contributed by atoms with Gasteiger partial charge in [0, 0.05) is 32.0 Å². The molecule has 14 nitrogen and oxygen atoms in total. The second-order valence-corrected chi connectivity index (χ2v) is 33.1. The molecule has 0 aromatic heterocycles. The summed E-state index contributed by atoms with van der Waals surface area (Å²) in [5, 5.41) is 65.6. The summed E-state index contributed by atoms with van der Waals surface area (Å²) in [5.41, 5.74) is 3.15. The molecule has 1 amide bonds. The Labute approximate surface area is 531 Å². The maximum Gasteiger partial charge on any atom is 0.126 e. The molecular weight excluding hydrogens is 1130 g/mol. The number of unbranched alkanes of at least 4 members (excludes halogenated alkanes) is 8. The van der Waals surface area contributed by atoms with E-state index >= 15 is 0 Å². The van der Waals surface area contributed by atoms with Gasteiger partial charge in [0.05, 0.1) is 47.6 Å². The van der Waals surface area contributed by atoms with Crippen LogP contribution in [0, 0.1) is 65.2 Å².